The lowest BCUT2D eigenvalue weighted by molar-refractivity contribution is 0.335. The first-order valence-electron chi connectivity index (χ1n) is 4.74. The minimum atomic E-state index is 0.267. The number of nitrogens with zero attached hydrogens (tertiary/aromatic N) is 1. The van der Waals surface area contributed by atoms with Crippen molar-refractivity contribution >= 4 is 0 Å². The predicted octanol–water partition coefficient (Wildman–Crippen LogP) is 2.00. The summed E-state index contributed by atoms with van der Waals surface area (Å²) in [5.41, 5.74) is 6.97. The molecular formula is C11H18N2. The smallest absolute Gasteiger partial charge is 0.0408 e. The number of pyridine rings is 1. The second-order valence-corrected chi connectivity index (χ2v) is 4.20. The third-order valence-corrected chi connectivity index (χ3v) is 2.21. The molecule has 0 spiro atoms. The van der Waals surface area contributed by atoms with Gasteiger partial charge in [-0.1, -0.05) is 19.9 Å². The summed E-state index contributed by atoms with van der Waals surface area (Å²) in [6, 6.07) is 6.04. The van der Waals surface area contributed by atoms with Crippen LogP contribution in [0.2, 0.25) is 0 Å². The molecule has 0 aliphatic rings. The molecule has 0 aromatic carbocycles. The van der Waals surface area contributed by atoms with E-state index in [0.29, 0.717) is 0 Å². The molecule has 0 radical (unpaired) electrons. The predicted molar refractivity (Wildman–Crippen MR) is 55.4 cm³/mol. The molecular weight excluding hydrogens is 160 g/mol. The molecule has 1 aromatic rings. The van der Waals surface area contributed by atoms with Gasteiger partial charge in [0.2, 0.25) is 0 Å². The molecule has 1 aromatic heterocycles. The van der Waals surface area contributed by atoms with E-state index in [0.717, 1.165) is 25.1 Å². The van der Waals surface area contributed by atoms with Crippen molar-refractivity contribution in [2.24, 2.45) is 11.1 Å². The van der Waals surface area contributed by atoms with Gasteiger partial charge in [-0.25, -0.2) is 0 Å². The summed E-state index contributed by atoms with van der Waals surface area (Å²) in [6.07, 6.45) is 3.89. The topological polar surface area (TPSA) is 38.9 Å². The van der Waals surface area contributed by atoms with Crippen LogP contribution in [0.25, 0.3) is 0 Å². The van der Waals surface area contributed by atoms with E-state index < -0.39 is 0 Å². The summed E-state index contributed by atoms with van der Waals surface area (Å²) >= 11 is 0. The van der Waals surface area contributed by atoms with Gasteiger partial charge in [-0.3, -0.25) is 4.98 Å². The van der Waals surface area contributed by atoms with Crippen LogP contribution in [-0.2, 0) is 6.42 Å². The Kier molecular flexibility index (Phi) is 3.43. The summed E-state index contributed by atoms with van der Waals surface area (Å²) in [5, 5.41) is 0. The Morgan fingerprint density at radius 1 is 1.38 bits per heavy atom. The van der Waals surface area contributed by atoms with Crippen LogP contribution in [-0.4, -0.2) is 11.5 Å². The zero-order chi connectivity index (χ0) is 9.73. The Bertz CT molecular complexity index is 242. The van der Waals surface area contributed by atoms with Crippen LogP contribution in [0.5, 0.6) is 0 Å². The molecule has 1 rings (SSSR count). The fourth-order valence-electron chi connectivity index (χ4n) is 1.47. The first-order chi connectivity index (χ1) is 6.14. The first kappa shape index (κ1) is 10.2. The fraction of sp³-hybridized carbons (Fsp3) is 0.545. The quantitative estimate of drug-likeness (QED) is 0.766. The lowest BCUT2D eigenvalue weighted by atomic mass is 9.84. The molecule has 1 heterocycles. The highest BCUT2D eigenvalue weighted by Crippen LogP contribution is 2.23. The third kappa shape index (κ3) is 3.55. The Morgan fingerprint density at radius 3 is 2.69 bits per heavy atom. The van der Waals surface area contributed by atoms with Crippen LogP contribution in [0.3, 0.4) is 0 Å². The van der Waals surface area contributed by atoms with Crippen LogP contribution in [0, 0.1) is 5.41 Å². The minimum absolute atomic E-state index is 0.267. The molecule has 0 unspecified atom stereocenters. The van der Waals surface area contributed by atoms with E-state index in [1.807, 2.05) is 18.3 Å². The molecule has 0 saturated carbocycles. The lowest BCUT2D eigenvalue weighted by Crippen LogP contribution is -2.20. The third-order valence-electron chi connectivity index (χ3n) is 2.21. The largest absolute Gasteiger partial charge is 0.330 e. The van der Waals surface area contributed by atoms with Crippen molar-refractivity contribution in [3.63, 3.8) is 0 Å². The van der Waals surface area contributed by atoms with Gasteiger partial charge in [-0.05, 0) is 36.9 Å². The van der Waals surface area contributed by atoms with E-state index in [9.17, 15) is 0 Å². The molecule has 0 bridgehead atoms. The van der Waals surface area contributed by atoms with Crippen LogP contribution in [0.4, 0.5) is 0 Å². The maximum atomic E-state index is 5.55. The SMILES string of the molecule is CC(C)(CCN)Cc1ccccn1. The number of hydrogen-bond acceptors (Lipinski definition) is 2. The van der Waals surface area contributed by atoms with E-state index >= 15 is 0 Å². The van der Waals surface area contributed by atoms with Crippen molar-refractivity contribution in [2.45, 2.75) is 26.7 Å². The average Bonchev–Trinajstić information content (AvgIpc) is 2.04. The number of rotatable bonds is 4. The van der Waals surface area contributed by atoms with E-state index in [1.165, 1.54) is 0 Å². The van der Waals surface area contributed by atoms with Gasteiger partial charge in [-0.15, -0.1) is 0 Å². The van der Waals surface area contributed by atoms with Crippen LogP contribution in [0.15, 0.2) is 24.4 Å². The van der Waals surface area contributed by atoms with Crippen molar-refractivity contribution < 1.29 is 0 Å². The van der Waals surface area contributed by atoms with Crippen LogP contribution < -0.4 is 5.73 Å². The van der Waals surface area contributed by atoms with Gasteiger partial charge < -0.3 is 5.73 Å². The zero-order valence-corrected chi connectivity index (χ0v) is 8.46. The highest BCUT2D eigenvalue weighted by Gasteiger charge is 2.17. The maximum Gasteiger partial charge on any atom is 0.0408 e. The summed E-state index contributed by atoms with van der Waals surface area (Å²) in [6.45, 7) is 5.21. The Balaban J connectivity index is 2.58. The summed E-state index contributed by atoms with van der Waals surface area (Å²) in [5.74, 6) is 0. The fourth-order valence-corrected chi connectivity index (χ4v) is 1.47. The van der Waals surface area contributed by atoms with Crippen molar-refractivity contribution in [1.29, 1.82) is 0 Å². The standard InChI is InChI=1S/C11H18N2/c1-11(2,6-7-12)9-10-5-3-4-8-13-10/h3-5,8H,6-7,9,12H2,1-2H3. The molecule has 0 amide bonds. The van der Waals surface area contributed by atoms with Crippen LogP contribution >= 0.6 is 0 Å². The highest BCUT2D eigenvalue weighted by molar-refractivity contribution is 5.05. The zero-order valence-electron chi connectivity index (χ0n) is 8.46. The summed E-state index contributed by atoms with van der Waals surface area (Å²) in [4.78, 5) is 4.31. The van der Waals surface area contributed by atoms with Gasteiger partial charge in [0, 0.05) is 11.9 Å². The normalized spacial score (nSPS) is 11.6. The Hall–Kier alpha value is -0.890. The van der Waals surface area contributed by atoms with Gasteiger partial charge in [-0.2, -0.15) is 0 Å². The molecule has 13 heavy (non-hydrogen) atoms. The molecule has 2 nitrogen and oxygen atoms in total. The van der Waals surface area contributed by atoms with Crippen molar-refractivity contribution in [3.8, 4) is 0 Å². The summed E-state index contributed by atoms with van der Waals surface area (Å²) in [7, 11) is 0. The first-order valence-corrected chi connectivity index (χ1v) is 4.74. The van der Waals surface area contributed by atoms with Crippen LogP contribution in [0.1, 0.15) is 26.0 Å². The Labute approximate surface area is 80.2 Å². The van der Waals surface area contributed by atoms with E-state index in [1.54, 1.807) is 0 Å². The van der Waals surface area contributed by atoms with E-state index in [4.69, 9.17) is 5.73 Å². The molecule has 2 N–H and O–H groups in total. The van der Waals surface area contributed by atoms with E-state index in [-0.39, 0.29) is 5.41 Å². The number of aromatic nitrogens is 1. The van der Waals surface area contributed by atoms with Gasteiger partial charge >= 0.3 is 0 Å². The van der Waals surface area contributed by atoms with E-state index in [2.05, 4.69) is 24.9 Å². The van der Waals surface area contributed by atoms with Crippen molar-refractivity contribution in [2.75, 3.05) is 6.54 Å². The average molecular weight is 178 g/mol. The van der Waals surface area contributed by atoms with Gasteiger partial charge in [0.25, 0.3) is 0 Å². The molecule has 0 aliphatic heterocycles. The monoisotopic (exact) mass is 178 g/mol. The number of nitrogens with two attached hydrogens (primary N) is 1. The summed E-state index contributed by atoms with van der Waals surface area (Å²) < 4.78 is 0. The second-order valence-electron chi connectivity index (χ2n) is 4.20. The second kappa shape index (κ2) is 4.38. The lowest BCUT2D eigenvalue weighted by Gasteiger charge is -2.23. The van der Waals surface area contributed by atoms with Crippen molar-refractivity contribution in [3.05, 3.63) is 30.1 Å². The minimum Gasteiger partial charge on any atom is -0.330 e. The highest BCUT2D eigenvalue weighted by atomic mass is 14.7. The van der Waals surface area contributed by atoms with Gasteiger partial charge in [0.05, 0.1) is 0 Å². The van der Waals surface area contributed by atoms with Gasteiger partial charge in [0.1, 0.15) is 0 Å². The molecule has 72 valence electrons. The number of hydrogen-bond donors (Lipinski definition) is 1. The van der Waals surface area contributed by atoms with Gasteiger partial charge in [0.15, 0.2) is 0 Å². The van der Waals surface area contributed by atoms with Crippen molar-refractivity contribution in [1.82, 2.24) is 4.98 Å². The molecule has 0 aliphatic carbocycles. The molecule has 0 fully saturated rings. The molecule has 2 heteroatoms. The Morgan fingerprint density at radius 2 is 2.15 bits per heavy atom. The molecule has 0 saturated heterocycles. The molecule has 0 atom stereocenters. The maximum absolute atomic E-state index is 5.55.